The van der Waals surface area contributed by atoms with Gasteiger partial charge < -0.3 is 24.2 Å². The molecule has 0 aliphatic heterocycles. The van der Waals surface area contributed by atoms with Gasteiger partial charge in [0.2, 0.25) is 0 Å². The molecule has 446 valence electrons. The standard InChI is InChI=1S/C64H119O11P/c1-4-7-10-13-16-19-22-25-27-29-30-32-33-36-38-41-44-47-50-53-62(66)71-57-61(75-64(68)55-52-49-46-43-40-37-34-31-28-26-23-20-17-14-11-8-5-2)59-73-76(69,70)72-58-60(56-65)74-63(67)54-51-48-45-42-39-35-24-21-18-15-12-9-6-3/h8,11,17,20,26,28,60-61,65H,4-7,9-10,12-16,18-19,21-25,27,29-59H2,1-3H3,(H,69,70)/b11-8-,20-17-,28-26-. The van der Waals surface area contributed by atoms with Crippen LogP contribution >= 0.6 is 7.82 Å². The number of allylic oxidation sites excluding steroid dienone is 6. The Bertz CT molecular complexity index is 1420. The molecule has 0 saturated carbocycles. The van der Waals surface area contributed by atoms with E-state index in [1.165, 1.54) is 167 Å². The largest absolute Gasteiger partial charge is 0.472 e. The van der Waals surface area contributed by atoms with Crippen LogP contribution in [0.25, 0.3) is 0 Å². The minimum Gasteiger partial charge on any atom is -0.462 e. The molecule has 0 aromatic rings. The lowest BCUT2D eigenvalue weighted by Crippen LogP contribution is -2.30. The Morgan fingerprint density at radius 2 is 0.684 bits per heavy atom. The number of hydrogen-bond acceptors (Lipinski definition) is 10. The molecule has 0 radical (unpaired) electrons. The molecule has 0 heterocycles. The number of phosphoric ester groups is 1. The van der Waals surface area contributed by atoms with Crippen LogP contribution in [0, 0.1) is 0 Å². The fourth-order valence-electron chi connectivity index (χ4n) is 9.26. The van der Waals surface area contributed by atoms with Crippen LogP contribution in [0.1, 0.15) is 316 Å². The second kappa shape index (κ2) is 58.8. The molecule has 2 N–H and O–H groups in total. The lowest BCUT2D eigenvalue weighted by Gasteiger charge is -2.21. The normalized spacial score (nSPS) is 13.5. The maximum atomic E-state index is 12.9. The van der Waals surface area contributed by atoms with Crippen molar-refractivity contribution in [3.63, 3.8) is 0 Å². The number of aliphatic hydroxyl groups excluding tert-OH is 1. The zero-order valence-electron chi connectivity index (χ0n) is 49.5. The molecule has 0 rings (SSSR count). The second-order valence-corrected chi connectivity index (χ2v) is 23.0. The highest BCUT2D eigenvalue weighted by Gasteiger charge is 2.28. The van der Waals surface area contributed by atoms with Gasteiger partial charge in [0.15, 0.2) is 6.10 Å². The Hall–Kier alpha value is -2.30. The molecular formula is C64H119O11P. The molecule has 11 nitrogen and oxygen atoms in total. The van der Waals surface area contributed by atoms with Crippen LogP contribution in [0.2, 0.25) is 0 Å². The molecule has 0 aromatic carbocycles. The number of carbonyl (C=O) groups excluding carboxylic acids is 3. The van der Waals surface area contributed by atoms with Crippen molar-refractivity contribution in [2.24, 2.45) is 0 Å². The van der Waals surface area contributed by atoms with E-state index in [-0.39, 0.29) is 25.9 Å². The summed E-state index contributed by atoms with van der Waals surface area (Å²) in [6, 6.07) is 0. The maximum absolute atomic E-state index is 12.9. The number of phosphoric acid groups is 1. The van der Waals surface area contributed by atoms with Crippen LogP contribution in [0.15, 0.2) is 36.5 Å². The Morgan fingerprint density at radius 3 is 1.05 bits per heavy atom. The van der Waals surface area contributed by atoms with Gasteiger partial charge in [-0.1, -0.05) is 282 Å². The summed E-state index contributed by atoms with van der Waals surface area (Å²) in [4.78, 5) is 48.7. The molecule has 76 heavy (non-hydrogen) atoms. The summed E-state index contributed by atoms with van der Waals surface area (Å²) in [5.74, 6) is -1.45. The Balaban J connectivity index is 4.67. The van der Waals surface area contributed by atoms with Gasteiger partial charge in [-0.3, -0.25) is 23.4 Å². The van der Waals surface area contributed by atoms with Gasteiger partial charge in [0, 0.05) is 19.3 Å². The number of unbranched alkanes of at least 4 members (excludes halogenated alkanes) is 37. The van der Waals surface area contributed by atoms with Crippen LogP contribution < -0.4 is 0 Å². The van der Waals surface area contributed by atoms with E-state index in [1.54, 1.807) is 0 Å². The summed E-state index contributed by atoms with van der Waals surface area (Å²) >= 11 is 0. The number of hydrogen-bond donors (Lipinski definition) is 2. The first-order valence-electron chi connectivity index (χ1n) is 31.9. The van der Waals surface area contributed by atoms with Crippen LogP contribution in [-0.4, -0.2) is 66.5 Å². The predicted octanol–water partition coefficient (Wildman–Crippen LogP) is 19.2. The third-order valence-corrected chi connectivity index (χ3v) is 15.0. The molecule has 0 bridgehead atoms. The lowest BCUT2D eigenvalue weighted by atomic mass is 10.0. The summed E-state index contributed by atoms with van der Waals surface area (Å²) in [7, 11) is -4.75. The molecule has 0 aromatic heterocycles. The number of carbonyl (C=O) groups is 3. The van der Waals surface area contributed by atoms with E-state index in [4.69, 9.17) is 23.3 Å². The highest BCUT2D eigenvalue weighted by atomic mass is 31.2. The number of aliphatic hydroxyl groups is 1. The topological polar surface area (TPSA) is 155 Å². The minimum atomic E-state index is -4.75. The van der Waals surface area contributed by atoms with Crippen LogP contribution in [-0.2, 0) is 42.2 Å². The Morgan fingerprint density at radius 1 is 0.382 bits per heavy atom. The number of esters is 3. The number of rotatable bonds is 60. The summed E-state index contributed by atoms with van der Waals surface area (Å²) < 4.78 is 39.7. The van der Waals surface area contributed by atoms with E-state index < -0.39 is 57.8 Å². The van der Waals surface area contributed by atoms with Crippen LogP contribution in [0.5, 0.6) is 0 Å². The van der Waals surface area contributed by atoms with Gasteiger partial charge >= 0.3 is 25.7 Å². The zero-order valence-corrected chi connectivity index (χ0v) is 50.4. The monoisotopic (exact) mass is 1090 g/mol. The van der Waals surface area contributed by atoms with E-state index in [1.807, 2.05) is 0 Å². The first-order chi connectivity index (χ1) is 37.2. The predicted molar refractivity (Wildman–Crippen MR) is 316 cm³/mol. The smallest absolute Gasteiger partial charge is 0.462 e. The fourth-order valence-corrected chi connectivity index (χ4v) is 10.0. The van der Waals surface area contributed by atoms with Gasteiger partial charge in [-0.15, -0.1) is 0 Å². The third kappa shape index (κ3) is 56.4. The molecule has 0 saturated heterocycles. The Labute approximate surface area is 467 Å². The van der Waals surface area contributed by atoms with E-state index >= 15 is 0 Å². The highest BCUT2D eigenvalue weighted by Crippen LogP contribution is 2.43. The van der Waals surface area contributed by atoms with Gasteiger partial charge in [-0.25, -0.2) is 4.57 Å². The van der Waals surface area contributed by atoms with E-state index in [0.29, 0.717) is 19.3 Å². The highest BCUT2D eigenvalue weighted by molar-refractivity contribution is 7.47. The van der Waals surface area contributed by atoms with Crippen molar-refractivity contribution in [2.75, 3.05) is 26.4 Å². The molecule has 0 spiro atoms. The van der Waals surface area contributed by atoms with Crippen molar-refractivity contribution in [2.45, 2.75) is 328 Å². The molecular weight excluding hydrogens is 976 g/mol. The minimum absolute atomic E-state index is 0.161. The second-order valence-electron chi connectivity index (χ2n) is 21.6. The Kier molecular flexibility index (Phi) is 57.1. The summed E-state index contributed by atoms with van der Waals surface area (Å²) in [5.41, 5.74) is 0. The van der Waals surface area contributed by atoms with Gasteiger partial charge in [-0.2, -0.15) is 0 Å². The van der Waals surface area contributed by atoms with Crippen molar-refractivity contribution in [1.29, 1.82) is 0 Å². The molecule has 3 atom stereocenters. The van der Waals surface area contributed by atoms with E-state index in [2.05, 4.69) is 57.2 Å². The molecule has 0 aliphatic rings. The van der Waals surface area contributed by atoms with Crippen molar-refractivity contribution >= 4 is 25.7 Å². The summed E-state index contributed by atoms with van der Waals surface area (Å²) in [5, 5.41) is 9.83. The van der Waals surface area contributed by atoms with Crippen molar-refractivity contribution in [3.05, 3.63) is 36.5 Å². The van der Waals surface area contributed by atoms with Crippen molar-refractivity contribution < 1.29 is 52.2 Å². The fraction of sp³-hybridized carbons (Fsp3) is 0.859. The first-order valence-corrected chi connectivity index (χ1v) is 33.4. The molecule has 3 unspecified atom stereocenters. The molecule has 0 fully saturated rings. The number of ether oxygens (including phenoxy) is 3. The molecule has 12 heteroatoms. The SMILES string of the molecule is CC/C=C\C/C=C\C/C=C\CCCCCCCCCC(=O)OC(COC(=O)CCCCCCCCCCCCCCCCCCCCC)COP(=O)(O)OCC(CO)OC(=O)CCCCCCCCCCCCCCC. The quantitative estimate of drug-likeness (QED) is 0.0197. The zero-order chi connectivity index (χ0) is 55.5. The third-order valence-electron chi connectivity index (χ3n) is 14.1. The summed E-state index contributed by atoms with van der Waals surface area (Å²) in [6.07, 6.45) is 62.4. The van der Waals surface area contributed by atoms with Gasteiger partial charge in [0.05, 0.1) is 19.8 Å². The average molecular weight is 1100 g/mol. The van der Waals surface area contributed by atoms with Crippen LogP contribution in [0.4, 0.5) is 0 Å². The maximum Gasteiger partial charge on any atom is 0.472 e. The molecule has 0 amide bonds. The van der Waals surface area contributed by atoms with Gasteiger partial charge in [-0.05, 0) is 51.4 Å². The average Bonchev–Trinajstić information content (AvgIpc) is 3.41. The van der Waals surface area contributed by atoms with Gasteiger partial charge in [0.25, 0.3) is 0 Å². The summed E-state index contributed by atoms with van der Waals surface area (Å²) in [6.45, 7) is 4.59. The first kappa shape index (κ1) is 73.7. The lowest BCUT2D eigenvalue weighted by molar-refractivity contribution is -0.161. The molecule has 0 aliphatic carbocycles. The van der Waals surface area contributed by atoms with E-state index in [0.717, 1.165) is 89.9 Å². The van der Waals surface area contributed by atoms with Gasteiger partial charge in [0.1, 0.15) is 12.7 Å². The van der Waals surface area contributed by atoms with Crippen LogP contribution in [0.3, 0.4) is 0 Å². The van der Waals surface area contributed by atoms with Crippen molar-refractivity contribution in [1.82, 2.24) is 0 Å². The van der Waals surface area contributed by atoms with E-state index in [9.17, 15) is 28.9 Å². The van der Waals surface area contributed by atoms with Crippen molar-refractivity contribution in [3.8, 4) is 0 Å².